The number of aromatic carboxylic acids is 1. The lowest BCUT2D eigenvalue weighted by Crippen LogP contribution is -2.33. The van der Waals surface area contributed by atoms with Crippen molar-refractivity contribution in [1.82, 2.24) is 24.2 Å². The predicted octanol–water partition coefficient (Wildman–Crippen LogP) is 1.84. The zero-order valence-corrected chi connectivity index (χ0v) is 13.1. The summed E-state index contributed by atoms with van der Waals surface area (Å²) in [5.41, 5.74) is 2.24. The van der Waals surface area contributed by atoms with Gasteiger partial charge in [-0.2, -0.15) is 5.10 Å². The molecule has 0 aromatic carbocycles. The lowest BCUT2D eigenvalue weighted by Gasteiger charge is -2.27. The van der Waals surface area contributed by atoms with Crippen LogP contribution in [0.5, 0.6) is 0 Å². The summed E-state index contributed by atoms with van der Waals surface area (Å²) in [6.07, 6.45) is 3.82. The molecule has 0 bridgehead atoms. The highest BCUT2D eigenvalue weighted by molar-refractivity contribution is 7.12. The minimum Gasteiger partial charge on any atom is -0.476 e. The van der Waals surface area contributed by atoms with Gasteiger partial charge < -0.3 is 5.11 Å². The monoisotopic (exact) mass is 329 g/mol. The molecule has 0 unspecified atom stereocenters. The maximum absolute atomic E-state index is 11.0. The number of carbonyl (C=O) groups is 1. The minimum absolute atomic E-state index is 0.119. The second kappa shape index (κ2) is 5.64. The zero-order valence-electron chi connectivity index (χ0n) is 12.3. The van der Waals surface area contributed by atoms with Crippen molar-refractivity contribution in [3.63, 3.8) is 0 Å². The van der Waals surface area contributed by atoms with Crippen LogP contribution in [0.1, 0.15) is 21.9 Å². The fraction of sp³-hybridized carbons (Fsp3) is 0.267. The molecule has 3 aromatic heterocycles. The second-order valence-electron chi connectivity index (χ2n) is 5.44. The van der Waals surface area contributed by atoms with Crippen molar-refractivity contribution in [2.75, 3.05) is 6.54 Å². The highest BCUT2D eigenvalue weighted by atomic mass is 32.1. The Labute approximate surface area is 136 Å². The van der Waals surface area contributed by atoms with E-state index in [2.05, 4.69) is 25.6 Å². The van der Waals surface area contributed by atoms with E-state index in [0.717, 1.165) is 23.9 Å². The molecule has 4 rings (SSSR count). The highest BCUT2D eigenvalue weighted by Gasteiger charge is 2.21. The molecular formula is C15H15N5O2S. The van der Waals surface area contributed by atoms with Gasteiger partial charge in [0.15, 0.2) is 10.8 Å². The van der Waals surface area contributed by atoms with Gasteiger partial charge in [0.1, 0.15) is 0 Å². The molecule has 1 N–H and O–H groups in total. The topological polar surface area (TPSA) is 76.2 Å². The van der Waals surface area contributed by atoms with Gasteiger partial charge in [0, 0.05) is 43.1 Å². The van der Waals surface area contributed by atoms with E-state index >= 15 is 0 Å². The first-order chi connectivity index (χ1) is 11.2. The smallest absolute Gasteiger partial charge is 0.356 e. The minimum atomic E-state index is -0.976. The molecule has 0 spiro atoms. The van der Waals surface area contributed by atoms with Crippen molar-refractivity contribution in [1.29, 1.82) is 0 Å². The standard InChI is InChI=1S/C15H15N5O2S/c21-14(22)13-8-12-10-18(5-6-20(12)17-13)9-11-2-1-4-19(11)15-16-3-7-23-15/h1-4,7-8H,5-6,9-10H2,(H,21,22). The Morgan fingerprint density at radius 2 is 2.30 bits per heavy atom. The van der Waals surface area contributed by atoms with Gasteiger partial charge in [0.2, 0.25) is 0 Å². The Morgan fingerprint density at radius 3 is 3.09 bits per heavy atom. The summed E-state index contributed by atoms with van der Waals surface area (Å²) >= 11 is 1.61. The molecule has 0 radical (unpaired) electrons. The SMILES string of the molecule is O=C(O)c1cc2n(n1)CCN(Cc1cccn1-c1nccs1)C2. The number of hydrogen-bond donors (Lipinski definition) is 1. The molecule has 0 amide bonds. The van der Waals surface area contributed by atoms with Gasteiger partial charge in [-0.15, -0.1) is 11.3 Å². The predicted molar refractivity (Wildman–Crippen MR) is 84.7 cm³/mol. The average molecular weight is 329 g/mol. The molecule has 0 saturated carbocycles. The number of hydrogen-bond acceptors (Lipinski definition) is 5. The molecule has 8 heteroatoms. The van der Waals surface area contributed by atoms with Gasteiger partial charge in [0.05, 0.1) is 12.2 Å². The van der Waals surface area contributed by atoms with Crippen LogP contribution in [-0.2, 0) is 19.6 Å². The van der Waals surface area contributed by atoms with Crippen LogP contribution in [0, 0.1) is 0 Å². The molecule has 0 atom stereocenters. The number of carboxylic acids is 1. The Balaban J connectivity index is 1.53. The van der Waals surface area contributed by atoms with Gasteiger partial charge >= 0.3 is 5.97 Å². The van der Waals surface area contributed by atoms with E-state index in [1.807, 2.05) is 17.6 Å². The van der Waals surface area contributed by atoms with Crippen molar-refractivity contribution in [2.45, 2.75) is 19.6 Å². The van der Waals surface area contributed by atoms with E-state index in [1.54, 1.807) is 28.3 Å². The molecule has 0 aliphatic carbocycles. The molecule has 7 nitrogen and oxygen atoms in total. The molecule has 0 fully saturated rings. The second-order valence-corrected chi connectivity index (χ2v) is 6.32. The fourth-order valence-electron chi connectivity index (χ4n) is 2.86. The Bertz CT molecular complexity index is 836. The summed E-state index contributed by atoms with van der Waals surface area (Å²) in [5, 5.41) is 16.1. The maximum Gasteiger partial charge on any atom is 0.356 e. The number of thiazole rings is 1. The first-order valence-electron chi connectivity index (χ1n) is 7.29. The highest BCUT2D eigenvalue weighted by Crippen LogP contribution is 2.20. The van der Waals surface area contributed by atoms with Crippen molar-refractivity contribution in [3.05, 3.63) is 53.1 Å². The lowest BCUT2D eigenvalue weighted by molar-refractivity contribution is 0.0689. The summed E-state index contributed by atoms with van der Waals surface area (Å²) in [4.78, 5) is 17.7. The Kier molecular flexibility index (Phi) is 3.47. The summed E-state index contributed by atoms with van der Waals surface area (Å²) in [7, 11) is 0. The van der Waals surface area contributed by atoms with Crippen molar-refractivity contribution >= 4 is 17.3 Å². The lowest BCUT2D eigenvalue weighted by atomic mass is 10.2. The number of carboxylic acid groups (broad SMARTS) is 1. The maximum atomic E-state index is 11.0. The van der Waals surface area contributed by atoms with Gasteiger partial charge in [-0.05, 0) is 18.2 Å². The molecule has 0 saturated heterocycles. The quantitative estimate of drug-likeness (QED) is 0.790. The molecule has 1 aliphatic heterocycles. The first-order valence-corrected chi connectivity index (χ1v) is 8.17. The number of fused-ring (bicyclic) bond motifs is 1. The van der Waals surface area contributed by atoms with Crippen molar-refractivity contribution < 1.29 is 9.90 Å². The molecule has 3 aromatic rings. The normalized spacial score (nSPS) is 14.8. The van der Waals surface area contributed by atoms with Gasteiger partial charge in [0.25, 0.3) is 0 Å². The molecule has 4 heterocycles. The average Bonchev–Trinajstić information content (AvgIpc) is 3.26. The fourth-order valence-corrected chi connectivity index (χ4v) is 3.51. The first kappa shape index (κ1) is 14.2. The summed E-state index contributed by atoms with van der Waals surface area (Å²) in [5.74, 6) is -0.976. The molecule has 1 aliphatic rings. The van der Waals surface area contributed by atoms with Crippen LogP contribution in [-0.4, -0.2) is 41.9 Å². The molecular weight excluding hydrogens is 314 g/mol. The number of nitrogens with zero attached hydrogens (tertiary/aromatic N) is 5. The summed E-state index contributed by atoms with van der Waals surface area (Å²) in [6, 6.07) is 5.78. The Morgan fingerprint density at radius 1 is 1.39 bits per heavy atom. The van der Waals surface area contributed by atoms with E-state index in [-0.39, 0.29) is 5.69 Å². The van der Waals surface area contributed by atoms with Crippen LogP contribution in [0.2, 0.25) is 0 Å². The van der Waals surface area contributed by atoms with Crippen LogP contribution in [0.15, 0.2) is 36.0 Å². The summed E-state index contributed by atoms with van der Waals surface area (Å²) in [6.45, 7) is 3.04. The third-order valence-electron chi connectivity index (χ3n) is 3.94. The van der Waals surface area contributed by atoms with Gasteiger partial charge in [-0.3, -0.25) is 14.1 Å². The van der Waals surface area contributed by atoms with Crippen LogP contribution in [0.4, 0.5) is 0 Å². The largest absolute Gasteiger partial charge is 0.476 e. The van der Waals surface area contributed by atoms with Crippen molar-refractivity contribution in [3.8, 4) is 5.13 Å². The van der Waals surface area contributed by atoms with Crippen molar-refractivity contribution in [2.24, 2.45) is 0 Å². The molecule has 118 valence electrons. The third kappa shape index (κ3) is 2.66. The molecule has 23 heavy (non-hydrogen) atoms. The van der Waals surface area contributed by atoms with E-state index in [1.165, 1.54) is 5.69 Å². The van der Waals surface area contributed by atoms with Gasteiger partial charge in [-0.25, -0.2) is 9.78 Å². The van der Waals surface area contributed by atoms with Crippen LogP contribution < -0.4 is 0 Å². The van der Waals surface area contributed by atoms with E-state index < -0.39 is 5.97 Å². The Hall–Kier alpha value is -2.45. The summed E-state index contributed by atoms with van der Waals surface area (Å²) < 4.78 is 3.89. The third-order valence-corrected chi connectivity index (χ3v) is 4.71. The van der Waals surface area contributed by atoms with Crippen LogP contribution >= 0.6 is 11.3 Å². The number of aromatic nitrogens is 4. The van der Waals surface area contributed by atoms with E-state index in [9.17, 15) is 4.79 Å². The number of rotatable bonds is 4. The van der Waals surface area contributed by atoms with E-state index in [0.29, 0.717) is 13.1 Å². The van der Waals surface area contributed by atoms with Crippen LogP contribution in [0.25, 0.3) is 5.13 Å². The van der Waals surface area contributed by atoms with Gasteiger partial charge in [-0.1, -0.05) is 0 Å². The van der Waals surface area contributed by atoms with E-state index in [4.69, 9.17) is 5.11 Å². The zero-order chi connectivity index (χ0) is 15.8. The van der Waals surface area contributed by atoms with Crippen LogP contribution in [0.3, 0.4) is 0 Å².